The van der Waals surface area contributed by atoms with Crippen molar-refractivity contribution >= 4 is 35.0 Å². The van der Waals surface area contributed by atoms with Gasteiger partial charge < -0.3 is 10.6 Å². The summed E-state index contributed by atoms with van der Waals surface area (Å²) >= 11 is 1.56. The van der Waals surface area contributed by atoms with Crippen LogP contribution in [-0.2, 0) is 9.59 Å². The monoisotopic (exact) mass is 339 g/mol. The van der Waals surface area contributed by atoms with Crippen molar-refractivity contribution in [2.45, 2.75) is 18.2 Å². The van der Waals surface area contributed by atoms with Crippen molar-refractivity contribution in [1.29, 1.82) is 5.26 Å². The number of para-hydroxylation sites is 1. The quantitative estimate of drug-likeness (QED) is 0.787. The number of nitrogens with one attached hydrogen (secondary N) is 2. The minimum absolute atomic E-state index is 0.107. The summed E-state index contributed by atoms with van der Waals surface area (Å²) in [4.78, 5) is 23.9. The van der Waals surface area contributed by atoms with E-state index in [1.54, 1.807) is 36.0 Å². The predicted octanol–water partition coefficient (Wildman–Crippen LogP) is 3.64. The molecular weight excluding hydrogens is 322 g/mol. The Balaban J connectivity index is 1.80. The molecule has 2 aromatic rings. The minimum atomic E-state index is -0.125. The van der Waals surface area contributed by atoms with Crippen molar-refractivity contribution < 1.29 is 9.59 Å². The highest BCUT2D eigenvalue weighted by Gasteiger charge is 2.06. The molecule has 0 fully saturated rings. The average Bonchev–Trinajstić information content (AvgIpc) is 2.56. The van der Waals surface area contributed by atoms with E-state index in [1.165, 1.54) is 6.92 Å². The van der Waals surface area contributed by atoms with Crippen LogP contribution in [0.4, 0.5) is 11.4 Å². The van der Waals surface area contributed by atoms with Gasteiger partial charge >= 0.3 is 0 Å². The van der Waals surface area contributed by atoms with Crippen molar-refractivity contribution in [3.63, 3.8) is 0 Å². The molecule has 2 N–H and O–H groups in total. The van der Waals surface area contributed by atoms with Gasteiger partial charge in [0.05, 0.1) is 11.3 Å². The van der Waals surface area contributed by atoms with E-state index in [0.29, 0.717) is 23.4 Å². The number of anilines is 2. The van der Waals surface area contributed by atoms with Gasteiger partial charge in [0.2, 0.25) is 11.8 Å². The third-order valence-corrected chi connectivity index (χ3v) is 4.11. The molecule has 0 aliphatic heterocycles. The summed E-state index contributed by atoms with van der Waals surface area (Å²) < 4.78 is 0. The summed E-state index contributed by atoms with van der Waals surface area (Å²) in [5, 5.41) is 14.5. The van der Waals surface area contributed by atoms with Gasteiger partial charge in [-0.2, -0.15) is 5.26 Å². The van der Waals surface area contributed by atoms with Crippen molar-refractivity contribution in [2.75, 3.05) is 16.4 Å². The van der Waals surface area contributed by atoms with E-state index in [2.05, 4.69) is 16.7 Å². The summed E-state index contributed by atoms with van der Waals surface area (Å²) in [7, 11) is 0. The van der Waals surface area contributed by atoms with Crippen molar-refractivity contribution in [3.05, 3.63) is 54.1 Å². The van der Waals surface area contributed by atoms with Gasteiger partial charge in [0.15, 0.2) is 0 Å². The number of benzene rings is 2. The van der Waals surface area contributed by atoms with E-state index in [-0.39, 0.29) is 11.8 Å². The molecule has 0 aliphatic rings. The maximum absolute atomic E-state index is 12.0. The number of thioether (sulfide) groups is 1. The Hall–Kier alpha value is -2.78. The number of carbonyl (C=O) groups is 2. The zero-order valence-corrected chi connectivity index (χ0v) is 14.0. The fourth-order valence-corrected chi connectivity index (χ4v) is 2.85. The first kappa shape index (κ1) is 17.6. The zero-order chi connectivity index (χ0) is 17.4. The molecule has 24 heavy (non-hydrogen) atoms. The van der Waals surface area contributed by atoms with Crippen molar-refractivity contribution in [3.8, 4) is 6.07 Å². The highest BCUT2D eigenvalue weighted by atomic mass is 32.2. The van der Waals surface area contributed by atoms with Gasteiger partial charge in [-0.25, -0.2) is 0 Å². The minimum Gasteiger partial charge on any atom is -0.326 e. The smallest absolute Gasteiger partial charge is 0.225 e. The first-order valence-electron chi connectivity index (χ1n) is 7.38. The molecule has 0 unspecified atom stereocenters. The molecule has 2 amide bonds. The Kier molecular flexibility index (Phi) is 6.41. The normalized spacial score (nSPS) is 9.83. The fraction of sp³-hybridized carbons (Fsp3) is 0.167. The van der Waals surface area contributed by atoms with Crippen LogP contribution in [0.25, 0.3) is 0 Å². The Bertz CT molecular complexity index is 767. The lowest BCUT2D eigenvalue weighted by Gasteiger charge is -2.07. The van der Waals surface area contributed by atoms with Crippen LogP contribution in [0.3, 0.4) is 0 Å². The van der Waals surface area contributed by atoms with Gasteiger partial charge in [-0.1, -0.05) is 12.1 Å². The molecule has 2 rings (SSSR count). The van der Waals surface area contributed by atoms with E-state index < -0.39 is 0 Å². The summed E-state index contributed by atoms with van der Waals surface area (Å²) in [5.41, 5.74) is 1.74. The Labute approximate surface area is 145 Å². The second kappa shape index (κ2) is 8.75. The molecule has 122 valence electrons. The molecule has 0 atom stereocenters. The number of hydrogen-bond donors (Lipinski definition) is 2. The lowest BCUT2D eigenvalue weighted by Crippen LogP contribution is -2.13. The fourth-order valence-electron chi connectivity index (χ4n) is 2.00. The van der Waals surface area contributed by atoms with Gasteiger partial charge in [0.25, 0.3) is 0 Å². The number of nitriles is 1. The summed E-state index contributed by atoms with van der Waals surface area (Å²) in [6, 6.07) is 16.4. The van der Waals surface area contributed by atoms with Crippen molar-refractivity contribution in [1.82, 2.24) is 0 Å². The van der Waals surface area contributed by atoms with E-state index >= 15 is 0 Å². The lowest BCUT2D eigenvalue weighted by molar-refractivity contribution is -0.116. The topological polar surface area (TPSA) is 82.0 Å². The molecule has 0 aliphatic carbocycles. The molecule has 0 saturated heterocycles. The second-order valence-electron chi connectivity index (χ2n) is 5.01. The molecule has 2 aromatic carbocycles. The molecule has 0 radical (unpaired) electrons. The Morgan fingerprint density at radius 3 is 2.46 bits per heavy atom. The summed E-state index contributed by atoms with van der Waals surface area (Å²) in [5.74, 6) is 0.393. The molecule has 0 heterocycles. The van der Waals surface area contributed by atoms with Crippen LogP contribution in [0, 0.1) is 11.3 Å². The number of nitrogens with zero attached hydrogens (tertiary/aromatic N) is 1. The highest BCUT2D eigenvalue weighted by Crippen LogP contribution is 2.21. The summed E-state index contributed by atoms with van der Waals surface area (Å²) in [6.45, 7) is 1.46. The lowest BCUT2D eigenvalue weighted by atomic mass is 10.2. The van der Waals surface area contributed by atoms with Gasteiger partial charge in [-0.3, -0.25) is 9.59 Å². The molecular formula is C18H17N3O2S. The van der Waals surface area contributed by atoms with E-state index in [0.717, 1.165) is 10.6 Å². The van der Waals surface area contributed by atoms with Gasteiger partial charge in [0.1, 0.15) is 6.07 Å². The van der Waals surface area contributed by atoms with Crippen LogP contribution in [0.5, 0.6) is 0 Å². The Morgan fingerprint density at radius 1 is 1.08 bits per heavy atom. The first-order valence-corrected chi connectivity index (χ1v) is 8.36. The van der Waals surface area contributed by atoms with Crippen LogP contribution < -0.4 is 10.6 Å². The third kappa shape index (κ3) is 5.45. The van der Waals surface area contributed by atoms with Crippen LogP contribution in [0.15, 0.2) is 53.4 Å². The van der Waals surface area contributed by atoms with Crippen LogP contribution in [0.1, 0.15) is 18.9 Å². The molecule has 0 saturated carbocycles. The number of hydrogen-bond acceptors (Lipinski definition) is 4. The molecule has 0 spiro atoms. The standard InChI is InChI=1S/C18H17N3O2S/c1-13(22)20-15-6-8-16(9-7-15)24-11-10-18(23)21-17-5-3-2-4-14(17)12-19/h2-9H,10-11H2,1H3,(H,20,22)(H,21,23). The SMILES string of the molecule is CC(=O)Nc1ccc(SCCC(=O)Nc2ccccc2C#N)cc1. The molecule has 0 aromatic heterocycles. The van der Waals surface area contributed by atoms with Gasteiger partial charge in [-0.05, 0) is 36.4 Å². The second-order valence-corrected chi connectivity index (χ2v) is 6.18. The highest BCUT2D eigenvalue weighted by molar-refractivity contribution is 7.99. The average molecular weight is 339 g/mol. The largest absolute Gasteiger partial charge is 0.326 e. The van der Waals surface area contributed by atoms with Crippen LogP contribution in [-0.4, -0.2) is 17.6 Å². The number of rotatable bonds is 6. The molecule has 6 heteroatoms. The van der Waals surface area contributed by atoms with E-state index in [4.69, 9.17) is 5.26 Å². The summed E-state index contributed by atoms with van der Waals surface area (Å²) in [6.07, 6.45) is 0.345. The molecule has 0 bridgehead atoms. The van der Waals surface area contributed by atoms with Gasteiger partial charge in [0, 0.05) is 29.7 Å². The molecule has 5 nitrogen and oxygen atoms in total. The van der Waals surface area contributed by atoms with Gasteiger partial charge in [-0.15, -0.1) is 11.8 Å². The third-order valence-electron chi connectivity index (χ3n) is 3.09. The predicted molar refractivity (Wildman–Crippen MR) is 95.9 cm³/mol. The van der Waals surface area contributed by atoms with Crippen LogP contribution in [0.2, 0.25) is 0 Å². The number of amides is 2. The maximum Gasteiger partial charge on any atom is 0.225 e. The van der Waals surface area contributed by atoms with Crippen molar-refractivity contribution in [2.24, 2.45) is 0 Å². The number of carbonyl (C=O) groups excluding carboxylic acids is 2. The Morgan fingerprint density at radius 2 is 1.79 bits per heavy atom. The first-order chi connectivity index (χ1) is 11.6. The van der Waals surface area contributed by atoms with E-state index in [9.17, 15) is 9.59 Å². The maximum atomic E-state index is 12.0. The van der Waals surface area contributed by atoms with E-state index in [1.807, 2.05) is 24.3 Å². The van der Waals surface area contributed by atoms with Crippen LogP contribution >= 0.6 is 11.8 Å². The zero-order valence-electron chi connectivity index (χ0n) is 13.2.